The molecule has 4 rings (SSSR count). The molecule has 0 spiro atoms. The van der Waals surface area contributed by atoms with Crippen molar-refractivity contribution >= 4 is 28.8 Å². The molecule has 0 atom stereocenters. The number of nitrogens with one attached hydrogen (secondary N) is 1. The van der Waals surface area contributed by atoms with Crippen LogP contribution in [0, 0.1) is 0 Å². The molecule has 8 nitrogen and oxygen atoms in total. The minimum Gasteiger partial charge on any atom is -0.495 e. The number of carbonyl (C=O) groups is 1. The van der Waals surface area contributed by atoms with Crippen molar-refractivity contribution in [2.24, 2.45) is 0 Å². The second-order valence-corrected chi connectivity index (χ2v) is 7.27. The number of hydrogen-bond donors (Lipinski definition) is 1. The van der Waals surface area contributed by atoms with Gasteiger partial charge in [0, 0.05) is 30.9 Å². The summed E-state index contributed by atoms with van der Waals surface area (Å²) in [6.45, 7) is 2.52. The van der Waals surface area contributed by atoms with Crippen molar-refractivity contribution in [3.63, 3.8) is 0 Å². The number of rotatable bonds is 5. The predicted molar refractivity (Wildman–Crippen MR) is 114 cm³/mol. The number of carbonyl (C=O) groups excluding carboxylic acids is 1. The summed E-state index contributed by atoms with van der Waals surface area (Å²) in [4.78, 5) is 31.4. The molecule has 1 amide bonds. The van der Waals surface area contributed by atoms with E-state index in [4.69, 9.17) is 21.1 Å². The van der Waals surface area contributed by atoms with Crippen LogP contribution in [0.15, 0.2) is 47.4 Å². The second-order valence-electron chi connectivity index (χ2n) is 6.83. The molecule has 3 heterocycles. The lowest BCUT2D eigenvalue weighted by Crippen LogP contribution is -2.40. The smallest absolute Gasteiger partial charge is 0.258 e. The molecule has 2 aromatic heterocycles. The number of amides is 1. The highest BCUT2D eigenvalue weighted by Gasteiger charge is 2.19. The van der Waals surface area contributed by atoms with Gasteiger partial charge in [-0.3, -0.25) is 14.0 Å². The lowest BCUT2D eigenvalue weighted by Gasteiger charge is -2.27. The van der Waals surface area contributed by atoms with E-state index >= 15 is 0 Å². The van der Waals surface area contributed by atoms with Crippen LogP contribution in [0.3, 0.4) is 0 Å². The van der Waals surface area contributed by atoms with Crippen molar-refractivity contribution in [3.05, 3.63) is 69.2 Å². The number of fused-ring (bicyclic) bond motifs is 1. The molecule has 1 aliphatic rings. The molecule has 0 bridgehead atoms. The van der Waals surface area contributed by atoms with E-state index in [1.54, 1.807) is 42.3 Å². The molecule has 1 fully saturated rings. The highest BCUT2D eigenvalue weighted by molar-refractivity contribution is 6.30. The van der Waals surface area contributed by atoms with Crippen LogP contribution < -0.4 is 15.6 Å². The van der Waals surface area contributed by atoms with E-state index in [0.717, 1.165) is 0 Å². The number of hydrogen-bond acceptors (Lipinski definition) is 6. The maximum absolute atomic E-state index is 12.8. The Kier molecular flexibility index (Phi) is 5.87. The molecule has 0 unspecified atom stereocenters. The standard InChI is InChI=1S/C21H21ClN4O4/c1-29-18-4-2-14(21(28)25-6-8-30-9-7-25)10-17(18)23-12-16-11-20(27)26-13-15(22)3-5-19(26)24-16/h2-5,10-11,13,23H,6-9,12H2,1H3. The van der Waals surface area contributed by atoms with Crippen LogP contribution in [0.1, 0.15) is 16.1 Å². The maximum Gasteiger partial charge on any atom is 0.258 e. The van der Waals surface area contributed by atoms with Crippen molar-refractivity contribution in [3.8, 4) is 5.75 Å². The van der Waals surface area contributed by atoms with Crippen LogP contribution >= 0.6 is 11.6 Å². The first-order chi connectivity index (χ1) is 14.5. The maximum atomic E-state index is 12.8. The minimum absolute atomic E-state index is 0.0528. The number of aromatic nitrogens is 2. The molecule has 0 radical (unpaired) electrons. The molecular weight excluding hydrogens is 408 g/mol. The molecule has 1 N–H and O–H groups in total. The largest absolute Gasteiger partial charge is 0.495 e. The number of ether oxygens (including phenoxy) is 2. The molecule has 1 saturated heterocycles. The summed E-state index contributed by atoms with van der Waals surface area (Å²) in [7, 11) is 1.56. The Bertz CT molecular complexity index is 1140. The summed E-state index contributed by atoms with van der Waals surface area (Å²) in [5, 5.41) is 3.69. The van der Waals surface area contributed by atoms with Gasteiger partial charge >= 0.3 is 0 Å². The van der Waals surface area contributed by atoms with Gasteiger partial charge in [-0.15, -0.1) is 0 Å². The molecule has 3 aromatic rings. The van der Waals surface area contributed by atoms with Gasteiger partial charge in [-0.05, 0) is 30.3 Å². The molecular formula is C21H21ClN4O4. The zero-order valence-electron chi connectivity index (χ0n) is 16.4. The summed E-state index contributed by atoms with van der Waals surface area (Å²) in [6.07, 6.45) is 1.53. The fraction of sp³-hybridized carbons (Fsp3) is 0.286. The van der Waals surface area contributed by atoms with E-state index in [1.807, 2.05) is 0 Å². The molecule has 1 aliphatic heterocycles. The lowest BCUT2D eigenvalue weighted by molar-refractivity contribution is 0.0303. The SMILES string of the molecule is COc1ccc(C(=O)N2CCOCC2)cc1NCc1cc(=O)n2cc(Cl)ccc2n1. The predicted octanol–water partition coefficient (Wildman–Crippen LogP) is 2.44. The fourth-order valence-electron chi connectivity index (χ4n) is 3.33. The van der Waals surface area contributed by atoms with Crippen LogP contribution in [0.25, 0.3) is 5.65 Å². The van der Waals surface area contributed by atoms with Crippen molar-refractivity contribution < 1.29 is 14.3 Å². The molecule has 30 heavy (non-hydrogen) atoms. The minimum atomic E-state index is -0.220. The third-order valence-corrected chi connectivity index (χ3v) is 5.10. The molecule has 0 aliphatic carbocycles. The van der Waals surface area contributed by atoms with E-state index in [1.165, 1.54) is 16.7 Å². The first-order valence-corrected chi connectivity index (χ1v) is 9.90. The van der Waals surface area contributed by atoms with Gasteiger partial charge in [-0.25, -0.2) is 4.98 Å². The number of nitrogens with zero attached hydrogens (tertiary/aromatic N) is 3. The van der Waals surface area contributed by atoms with Gasteiger partial charge in [-0.1, -0.05) is 11.6 Å². The van der Waals surface area contributed by atoms with Gasteiger partial charge in [0.2, 0.25) is 0 Å². The van der Waals surface area contributed by atoms with Gasteiger partial charge in [-0.2, -0.15) is 0 Å². The zero-order valence-corrected chi connectivity index (χ0v) is 17.2. The zero-order chi connectivity index (χ0) is 21.1. The molecule has 9 heteroatoms. The van der Waals surface area contributed by atoms with E-state index in [-0.39, 0.29) is 11.5 Å². The number of halogens is 1. The van der Waals surface area contributed by atoms with Crippen LogP contribution in [0.2, 0.25) is 5.02 Å². The quantitative estimate of drug-likeness (QED) is 0.672. The average molecular weight is 429 g/mol. The number of benzene rings is 1. The summed E-state index contributed by atoms with van der Waals surface area (Å²) in [6, 6.07) is 10.1. The van der Waals surface area contributed by atoms with Crippen molar-refractivity contribution in [2.45, 2.75) is 6.54 Å². The van der Waals surface area contributed by atoms with Gasteiger partial charge in [0.1, 0.15) is 11.4 Å². The lowest BCUT2D eigenvalue weighted by atomic mass is 10.1. The number of morpholine rings is 1. The summed E-state index contributed by atoms with van der Waals surface area (Å²) < 4.78 is 12.1. The Morgan fingerprint density at radius 1 is 1.23 bits per heavy atom. The van der Waals surface area contributed by atoms with Crippen LogP contribution in [0.4, 0.5) is 5.69 Å². The molecule has 0 saturated carbocycles. The highest BCUT2D eigenvalue weighted by Crippen LogP contribution is 2.26. The van der Waals surface area contributed by atoms with E-state index in [0.29, 0.717) is 66.2 Å². The summed E-state index contributed by atoms with van der Waals surface area (Å²) >= 11 is 5.95. The summed E-state index contributed by atoms with van der Waals surface area (Å²) in [5.74, 6) is 0.542. The monoisotopic (exact) mass is 428 g/mol. The molecule has 156 valence electrons. The van der Waals surface area contributed by atoms with Gasteiger partial charge in [0.25, 0.3) is 11.5 Å². The number of pyridine rings is 1. The van der Waals surface area contributed by atoms with Crippen molar-refractivity contribution in [1.82, 2.24) is 14.3 Å². The third-order valence-electron chi connectivity index (χ3n) is 4.88. The summed E-state index contributed by atoms with van der Waals surface area (Å²) in [5.41, 5.74) is 2.06. The Morgan fingerprint density at radius 2 is 2.03 bits per heavy atom. The Morgan fingerprint density at radius 3 is 2.80 bits per heavy atom. The topological polar surface area (TPSA) is 85.2 Å². The van der Waals surface area contributed by atoms with E-state index in [9.17, 15) is 9.59 Å². The van der Waals surface area contributed by atoms with Crippen LogP contribution in [-0.4, -0.2) is 53.6 Å². The first-order valence-electron chi connectivity index (χ1n) is 9.52. The highest BCUT2D eigenvalue weighted by atomic mass is 35.5. The first kappa shape index (κ1) is 20.2. The van der Waals surface area contributed by atoms with Gasteiger partial charge < -0.3 is 19.7 Å². The van der Waals surface area contributed by atoms with Gasteiger partial charge in [0.05, 0.1) is 43.3 Å². The fourth-order valence-corrected chi connectivity index (χ4v) is 3.49. The third kappa shape index (κ3) is 4.24. The van der Waals surface area contributed by atoms with Crippen LogP contribution in [0.5, 0.6) is 5.75 Å². The van der Waals surface area contributed by atoms with E-state index < -0.39 is 0 Å². The Balaban J connectivity index is 1.56. The Hall–Kier alpha value is -3.10. The van der Waals surface area contributed by atoms with Crippen LogP contribution in [-0.2, 0) is 11.3 Å². The number of methoxy groups -OCH3 is 1. The van der Waals surface area contributed by atoms with Crippen molar-refractivity contribution in [2.75, 3.05) is 38.7 Å². The van der Waals surface area contributed by atoms with Gasteiger partial charge in [0.15, 0.2) is 0 Å². The van der Waals surface area contributed by atoms with Crippen molar-refractivity contribution in [1.29, 1.82) is 0 Å². The number of anilines is 1. The molecule has 1 aromatic carbocycles. The van der Waals surface area contributed by atoms with E-state index in [2.05, 4.69) is 10.3 Å². The average Bonchev–Trinajstić information content (AvgIpc) is 2.78. The normalized spacial score (nSPS) is 14.0. The Labute approximate surface area is 178 Å². The second kappa shape index (κ2) is 8.73.